The molecule has 5 nitrogen and oxygen atoms in total. The summed E-state index contributed by atoms with van der Waals surface area (Å²) in [5.41, 5.74) is -1.94. The van der Waals surface area contributed by atoms with Gasteiger partial charge in [0.05, 0.1) is 11.6 Å². The van der Waals surface area contributed by atoms with Crippen molar-refractivity contribution in [1.82, 2.24) is 0 Å². The van der Waals surface area contributed by atoms with Crippen molar-refractivity contribution < 1.29 is 24.5 Å². The molecule has 0 spiro atoms. The molecule has 3 rings (SSSR count). The first-order valence-electron chi connectivity index (χ1n) is 8.89. The first kappa shape index (κ1) is 19.4. The van der Waals surface area contributed by atoms with E-state index in [1.807, 2.05) is 19.9 Å². The fourth-order valence-corrected chi connectivity index (χ4v) is 5.42. The third-order valence-electron chi connectivity index (χ3n) is 6.44. The molecule has 0 saturated heterocycles. The van der Waals surface area contributed by atoms with E-state index in [1.165, 1.54) is 0 Å². The van der Waals surface area contributed by atoms with Gasteiger partial charge in [0.2, 0.25) is 0 Å². The zero-order chi connectivity index (χ0) is 19.6. The number of esters is 1. The van der Waals surface area contributed by atoms with Gasteiger partial charge < -0.3 is 14.9 Å². The Morgan fingerprint density at radius 1 is 1.42 bits per heavy atom. The van der Waals surface area contributed by atoms with Crippen LogP contribution in [0.1, 0.15) is 56.2 Å². The molecule has 142 valence electrons. The highest BCUT2D eigenvalue weighted by atomic mass is 79.9. The zero-order valence-corrected chi connectivity index (χ0v) is 17.3. The van der Waals surface area contributed by atoms with Gasteiger partial charge in [-0.25, -0.2) is 4.79 Å². The SMILES string of the molecule is COC(=O)C1(O)C(=O)C2(C)CCC(C(C)C)C2c2cc(C)c(Br)c(O)c21. The molecule has 1 fully saturated rings. The molecule has 26 heavy (non-hydrogen) atoms. The van der Waals surface area contributed by atoms with Crippen molar-refractivity contribution >= 4 is 27.7 Å². The van der Waals surface area contributed by atoms with Gasteiger partial charge in [0.15, 0.2) is 5.78 Å². The minimum Gasteiger partial charge on any atom is -0.506 e. The number of phenolic OH excluding ortho intramolecular Hbond substituents is 1. The van der Waals surface area contributed by atoms with E-state index < -0.39 is 22.8 Å². The Kier molecular flexibility index (Phi) is 4.51. The van der Waals surface area contributed by atoms with Crippen LogP contribution in [0.4, 0.5) is 0 Å². The van der Waals surface area contributed by atoms with Crippen LogP contribution in [0.25, 0.3) is 0 Å². The Balaban J connectivity index is 2.42. The van der Waals surface area contributed by atoms with Crippen molar-refractivity contribution in [3.05, 3.63) is 27.2 Å². The van der Waals surface area contributed by atoms with Crippen LogP contribution in [0.15, 0.2) is 10.5 Å². The summed E-state index contributed by atoms with van der Waals surface area (Å²) in [6, 6.07) is 1.88. The largest absolute Gasteiger partial charge is 0.506 e. The Bertz CT molecular complexity index is 802. The van der Waals surface area contributed by atoms with Crippen molar-refractivity contribution in [3.8, 4) is 5.75 Å². The molecule has 1 aromatic rings. The van der Waals surface area contributed by atoms with Crippen molar-refractivity contribution in [3.63, 3.8) is 0 Å². The third-order valence-corrected chi connectivity index (χ3v) is 7.45. The molecule has 4 atom stereocenters. The number of ether oxygens (including phenoxy) is 1. The smallest absolute Gasteiger partial charge is 0.350 e. The minimum atomic E-state index is -2.50. The van der Waals surface area contributed by atoms with E-state index >= 15 is 0 Å². The van der Waals surface area contributed by atoms with E-state index in [4.69, 9.17) is 4.74 Å². The van der Waals surface area contributed by atoms with Gasteiger partial charge in [0.25, 0.3) is 5.60 Å². The van der Waals surface area contributed by atoms with Crippen LogP contribution < -0.4 is 0 Å². The van der Waals surface area contributed by atoms with Crippen molar-refractivity contribution in [1.29, 1.82) is 0 Å². The first-order chi connectivity index (χ1) is 12.0. The predicted molar refractivity (Wildman–Crippen MR) is 99.9 cm³/mol. The van der Waals surface area contributed by atoms with Crippen LogP contribution in [-0.2, 0) is 19.9 Å². The molecule has 0 heterocycles. The number of ketones is 1. The molecule has 0 radical (unpaired) electrons. The van der Waals surface area contributed by atoms with Crippen LogP contribution in [0.5, 0.6) is 5.75 Å². The monoisotopic (exact) mass is 424 g/mol. The van der Waals surface area contributed by atoms with Gasteiger partial charge in [-0.3, -0.25) is 4.79 Å². The fourth-order valence-electron chi connectivity index (χ4n) is 5.10. The van der Waals surface area contributed by atoms with Crippen LogP contribution in [0.2, 0.25) is 0 Å². The number of benzene rings is 1. The molecule has 4 unspecified atom stereocenters. The summed E-state index contributed by atoms with van der Waals surface area (Å²) in [6.07, 6.45) is 1.42. The van der Waals surface area contributed by atoms with Gasteiger partial charge in [-0.2, -0.15) is 0 Å². The Hall–Kier alpha value is -1.40. The van der Waals surface area contributed by atoms with Gasteiger partial charge in [-0.1, -0.05) is 26.8 Å². The first-order valence-corrected chi connectivity index (χ1v) is 9.69. The molecule has 0 bridgehead atoms. The molecule has 6 heteroatoms. The molecule has 2 N–H and O–H groups in total. The van der Waals surface area contributed by atoms with Crippen molar-refractivity contribution in [2.75, 3.05) is 7.11 Å². The van der Waals surface area contributed by atoms with Gasteiger partial charge in [-0.15, -0.1) is 0 Å². The average Bonchev–Trinajstić information content (AvgIpc) is 2.95. The van der Waals surface area contributed by atoms with Crippen molar-refractivity contribution in [2.24, 2.45) is 17.3 Å². The van der Waals surface area contributed by atoms with Crippen LogP contribution in [0.3, 0.4) is 0 Å². The highest BCUT2D eigenvalue weighted by Crippen LogP contribution is 2.63. The maximum absolute atomic E-state index is 13.5. The molecule has 0 aromatic heterocycles. The Morgan fingerprint density at radius 2 is 2.04 bits per heavy atom. The number of hydrogen-bond donors (Lipinski definition) is 2. The fraction of sp³-hybridized carbons (Fsp3) is 0.600. The van der Waals surface area contributed by atoms with E-state index in [1.54, 1.807) is 0 Å². The number of fused-ring (bicyclic) bond motifs is 3. The van der Waals surface area contributed by atoms with Crippen molar-refractivity contribution in [2.45, 2.75) is 52.1 Å². The lowest BCUT2D eigenvalue weighted by Gasteiger charge is -2.46. The Morgan fingerprint density at radius 3 is 2.58 bits per heavy atom. The molecule has 1 saturated carbocycles. The van der Waals surface area contributed by atoms with E-state index in [2.05, 4.69) is 29.8 Å². The summed E-state index contributed by atoms with van der Waals surface area (Å²) in [6.45, 7) is 7.91. The van der Waals surface area contributed by atoms with E-state index in [9.17, 15) is 19.8 Å². The van der Waals surface area contributed by atoms with Crippen LogP contribution in [0, 0.1) is 24.2 Å². The highest BCUT2D eigenvalue weighted by molar-refractivity contribution is 9.10. The molecule has 2 aliphatic carbocycles. The Labute approximate surface area is 161 Å². The molecule has 0 aliphatic heterocycles. The maximum Gasteiger partial charge on any atom is 0.350 e. The summed E-state index contributed by atoms with van der Waals surface area (Å²) in [7, 11) is 1.13. The third kappa shape index (κ3) is 2.24. The number of aliphatic hydroxyl groups is 1. The number of methoxy groups -OCH3 is 1. The quantitative estimate of drug-likeness (QED) is 0.559. The van der Waals surface area contributed by atoms with E-state index in [0.717, 1.165) is 19.1 Å². The number of halogens is 1. The molecular weight excluding hydrogens is 400 g/mol. The lowest BCUT2D eigenvalue weighted by molar-refractivity contribution is -0.176. The number of Topliss-reactive ketones (excluding diaryl/α,β-unsaturated/α-hetero) is 1. The standard InChI is InChI=1S/C20H25BrO5/c1-9(2)11-6-7-19(4)13(11)12-8-10(3)15(21)16(22)14(12)20(25,17(19)23)18(24)26-5/h8-9,11,13,22,25H,6-7H2,1-5H3. The summed E-state index contributed by atoms with van der Waals surface area (Å²) in [4.78, 5) is 26.0. The summed E-state index contributed by atoms with van der Waals surface area (Å²) >= 11 is 3.31. The predicted octanol–water partition coefficient (Wildman–Crippen LogP) is 3.56. The number of aromatic hydroxyl groups is 1. The van der Waals surface area contributed by atoms with Gasteiger partial charge in [0.1, 0.15) is 5.75 Å². The maximum atomic E-state index is 13.5. The molecule has 0 amide bonds. The van der Waals surface area contributed by atoms with Crippen LogP contribution >= 0.6 is 15.9 Å². The second kappa shape index (κ2) is 6.06. The molecule has 1 aromatic carbocycles. The topological polar surface area (TPSA) is 83.8 Å². The summed E-state index contributed by atoms with van der Waals surface area (Å²) in [5, 5.41) is 22.1. The van der Waals surface area contributed by atoms with Gasteiger partial charge >= 0.3 is 5.97 Å². The number of carbonyl (C=O) groups is 2. The normalized spacial score (nSPS) is 33.2. The number of carbonyl (C=O) groups excluding carboxylic acids is 2. The number of aryl methyl sites for hydroxylation is 1. The average molecular weight is 425 g/mol. The lowest BCUT2D eigenvalue weighted by Crippen LogP contribution is -2.56. The zero-order valence-electron chi connectivity index (χ0n) is 15.7. The van der Waals surface area contributed by atoms with E-state index in [0.29, 0.717) is 22.4 Å². The van der Waals surface area contributed by atoms with E-state index in [-0.39, 0.29) is 23.1 Å². The number of phenols is 1. The number of rotatable bonds is 2. The lowest BCUT2D eigenvalue weighted by atomic mass is 9.57. The van der Waals surface area contributed by atoms with Crippen LogP contribution in [-0.4, -0.2) is 29.1 Å². The van der Waals surface area contributed by atoms with Gasteiger partial charge in [0, 0.05) is 11.0 Å². The molecule has 2 aliphatic rings. The molecular formula is C20H25BrO5. The van der Waals surface area contributed by atoms with Gasteiger partial charge in [-0.05, 0) is 64.6 Å². The summed E-state index contributed by atoms with van der Waals surface area (Å²) in [5.74, 6) is -1.50. The number of hydrogen-bond acceptors (Lipinski definition) is 5. The second-order valence-corrected chi connectivity index (χ2v) is 8.99. The highest BCUT2D eigenvalue weighted by Gasteiger charge is 2.66. The second-order valence-electron chi connectivity index (χ2n) is 8.19. The summed E-state index contributed by atoms with van der Waals surface area (Å²) < 4.78 is 5.15. The minimum absolute atomic E-state index is 0.0261.